The lowest BCUT2D eigenvalue weighted by atomic mass is 10.1. The highest BCUT2D eigenvalue weighted by molar-refractivity contribution is 6.39. The van der Waals surface area contributed by atoms with E-state index in [9.17, 15) is 19.2 Å². The number of nitrogens with zero attached hydrogens (tertiary/aromatic N) is 1. The van der Waals surface area contributed by atoms with Crippen molar-refractivity contribution in [2.45, 2.75) is 0 Å². The highest BCUT2D eigenvalue weighted by Crippen LogP contribution is 2.28. The average molecular weight is 506 g/mol. The van der Waals surface area contributed by atoms with Crippen molar-refractivity contribution >= 4 is 52.8 Å². The van der Waals surface area contributed by atoms with Crippen molar-refractivity contribution in [3.8, 4) is 11.5 Å². The number of methoxy groups -OCH3 is 1. The Morgan fingerprint density at radius 2 is 1.75 bits per heavy atom. The summed E-state index contributed by atoms with van der Waals surface area (Å²) in [7, 11) is 1.49. The molecule has 3 aromatic rings. The molecule has 0 aromatic heterocycles. The van der Waals surface area contributed by atoms with Gasteiger partial charge in [0.2, 0.25) is 0 Å². The number of anilines is 2. The van der Waals surface area contributed by atoms with Gasteiger partial charge in [-0.1, -0.05) is 35.9 Å². The van der Waals surface area contributed by atoms with Crippen LogP contribution in [0.1, 0.15) is 5.56 Å². The lowest BCUT2D eigenvalue weighted by Crippen LogP contribution is -2.54. The van der Waals surface area contributed by atoms with Gasteiger partial charge in [0.05, 0.1) is 17.8 Å². The van der Waals surface area contributed by atoms with Gasteiger partial charge in [0.25, 0.3) is 17.7 Å². The highest BCUT2D eigenvalue weighted by Gasteiger charge is 2.36. The first kappa shape index (κ1) is 24.5. The number of urea groups is 1. The zero-order valence-electron chi connectivity index (χ0n) is 19.0. The second-order valence-corrected chi connectivity index (χ2v) is 7.96. The number of rotatable bonds is 7. The van der Waals surface area contributed by atoms with Crippen LogP contribution in [0.5, 0.6) is 11.5 Å². The third-order valence-corrected chi connectivity index (χ3v) is 5.41. The molecule has 4 rings (SSSR count). The van der Waals surface area contributed by atoms with Crippen LogP contribution in [0.2, 0.25) is 5.02 Å². The minimum Gasteiger partial charge on any atom is -0.497 e. The van der Waals surface area contributed by atoms with E-state index < -0.39 is 17.8 Å². The Kier molecular flexibility index (Phi) is 7.31. The third kappa shape index (κ3) is 5.53. The summed E-state index contributed by atoms with van der Waals surface area (Å²) in [5.41, 5.74) is 1.07. The van der Waals surface area contributed by atoms with E-state index in [1.807, 2.05) is 6.07 Å². The van der Waals surface area contributed by atoms with Gasteiger partial charge in [-0.05, 0) is 60.2 Å². The van der Waals surface area contributed by atoms with Crippen molar-refractivity contribution in [1.29, 1.82) is 0 Å². The summed E-state index contributed by atoms with van der Waals surface area (Å²) in [4.78, 5) is 50.7. The van der Waals surface area contributed by atoms with Crippen molar-refractivity contribution in [3.05, 3.63) is 89.0 Å². The highest BCUT2D eigenvalue weighted by atomic mass is 35.5. The topological polar surface area (TPSA) is 114 Å². The van der Waals surface area contributed by atoms with Crippen LogP contribution in [0.3, 0.4) is 0 Å². The van der Waals surface area contributed by atoms with Crippen molar-refractivity contribution in [2.24, 2.45) is 0 Å². The molecule has 2 N–H and O–H groups in total. The van der Waals surface area contributed by atoms with E-state index in [0.29, 0.717) is 17.0 Å². The van der Waals surface area contributed by atoms with Crippen LogP contribution in [0, 0.1) is 0 Å². The van der Waals surface area contributed by atoms with E-state index in [1.54, 1.807) is 42.5 Å². The second kappa shape index (κ2) is 10.7. The normalized spacial score (nSPS) is 14.4. The summed E-state index contributed by atoms with van der Waals surface area (Å²) in [5, 5.41) is 5.03. The zero-order chi connectivity index (χ0) is 25.7. The number of ether oxygens (including phenoxy) is 2. The zero-order valence-corrected chi connectivity index (χ0v) is 19.7. The molecule has 0 saturated carbocycles. The SMILES string of the molecule is COc1ccc(N2C(=O)NC(=O)/C(=C\c3ccc(OCC(=O)Nc4ccccc4)c(Cl)c3)C2=O)cc1. The molecule has 5 amide bonds. The molecule has 1 aliphatic rings. The van der Waals surface area contributed by atoms with Gasteiger partial charge in [0, 0.05) is 5.69 Å². The Bertz CT molecular complexity index is 1360. The Morgan fingerprint density at radius 3 is 2.42 bits per heavy atom. The summed E-state index contributed by atoms with van der Waals surface area (Å²) in [6.45, 7) is -0.269. The number of halogens is 1. The minimum absolute atomic E-state index is 0.170. The predicted octanol–water partition coefficient (Wildman–Crippen LogP) is 4.03. The monoisotopic (exact) mass is 505 g/mol. The summed E-state index contributed by atoms with van der Waals surface area (Å²) < 4.78 is 10.6. The molecule has 10 heteroatoms. The van der Waals surface area contributed by atoms with Gasteiger partial charge in [-0.2, -0.15) is 0 Å². The Labute approximate surface area is 211 Å². The minimum atomic E-state index is -0.858. The van der Waals surface area contributed by atoms with E-state index >= 15 is 0 Å². The van der Waals surface area contributed by atoms with Gasteiger partial charge >= 0.3 is 6.03 Å². The number of hydrogen-bond acceptors (Lipinski definition) is 6. The molecule has 3 aromatic carbocycles. The van der Waals surface area contributed by atoms with E-state index in [1.165, 1.54) is 37.5 Å². The van der Waals surface area contributed by atoms with Crippen molar-refractivity contribution < 1.29 is 28.7 Å². The largest absolute Gasteiger partial charge is 0.497 e. The van der Waals surface area contributed by atoms with Crippen LogP contribution < -0.4 is 25.0 Å². The van der Waals surface area contributed by atoms with E-state index in [4.69, 9.17) is 21.1 Å². The van der Waals surface area contributed by atoms with Crippen molar-refractivity contribution in [3.63, 3.8) is 0 Å². The van der Waals surface area contributed by atoms with Crippen molar-refractivity contribution in [1.82, 2.24) is 5.32 Å². The molecule has 36 heavy (non-hydrogen) atoms. The molecule has 0 atom stereocenters. The molecule has 0 unspecified atom stereocenters. The van der Waals surface area contributed by atoms with E-state index in [2.05, 4.69) is 10.6 Å². The lowest BCUT2D eigenvalue weighted by molar-refractivity contribution is -0.122. The fourth-order valence-electron chi connectivity index (χ4n) is 3.38. The van der Waals surface area contributed by atoms with Crippen LogP contribution in [0.4, 0.5) is 16.2 Å². The standard InChI is InChI=1S/C26H20ClN3O6/c1-35-19-10-8-18(9-11-19)30-25(33)20(24(32)29-26(30)34)13-16-7-12-22(21(27)14-16)36-15-23(31)28-17-5-3-2-4-6-17/h2-14H,15H2,1H3,(H,28,31)(H,29,32,34)/b20-13+. The third-order valence-electron chi connectivity index (χ3n) is 5.12. The first-order valence-electron chi connectivity index (χ1n) is 10.7. The predicted molar refractivity (Wildman–Crippen MR) is 134 cm³/mol. The van der Waals surface area contributed by atoms with Gasteiger partial charge in [-0.15, -0.1) is 0 Å². The maximum absolute atomic E-state index is 13.0. The number of carbonyl (C=O) groups excluding carboxylic acids is 4. The number of imide groups is 2. The van der Waals surface area contributed by atoms with Crippen LogP contribution in [-0.4, -0.2) is 37.5 Å². The molecule has 1 saturated heterocycles. The number of barbiturate groups is 1. The molecular formula is C26H20ClN3O6. The molecule has 9 nitrogen and oxygen atoms in total. The Morgan fingerprint density at radius 1 is 1.03 bits per heavy atom. The molecule has 1 heterocycles. The van der Waals surface area contributed by atoms with Gasteiger partial charge in [-0.3, -0.25) is 19.7 Å². The van der Waals surface area contributed by atoms with Gasteiger partial charge < -0.3 is 14.8 Å². The Hall–Kier alpha value is -4.63. The second-order valence-electron chi connectivity index (χ2n) is 7.55. The summed E-state index contributed by atoms with van der Waals surface area (Å²) in [5.74, 6) is -1.19. The smallest absolute Gasteiger partial charge is 0.335 e. The maximum atomic E-state index is 13.0. The number of benzene rings is 3. The molecule has 0 aliphatic carbocycles. The molecule has 1 fully saturated rings. The van der Waals surface area contributed by atoms with Crippen LogP contribution in [0.25, 0.3) is 6.08 Å². The molecular weight excluding hydrogens is 486 g/mol. The number of nitrogens with one attached hydrogen (secondary N) is 2. The van der Waals surface area contributed by atoms with Gasteiger partial charge in [-0.25, -0.2) is 9.69 Å². The number of hydrogen-bond donors (Lipinski definition) is 2. The summed E-state index contributed by atoms with van der Waals surface area (Å²) >= 11 is 6.29. The number of carbonyl (C=O) groups is 4. The quantitative estimate of drug-likeness (QED) is 0.370. The fourth-order valence-corrected chi connectivity index (χ4v) is 3.62. The van der Waals surface area contributed by atoms with Crippen LogP contribution >= 0.6 is 11.6 Å². The number of para-hydroxylation sites is 1. The van der Waals surface area contributed by atoms with Crippen LogP contribution in [0.15, 0.2) is 78.4 Å². The molecule has 0 bridgehead atoms. The van der Waals surface area contributed by atoms with E-state index in [-0.39, 0.29) is 34.5 Å². The lowest BCUT2D eigenvalue weighted by Gasteiger charge is -2.26. The van der Waals surface area contributed by atoms with Crippen LogP contribution in [-0.2, 0) is 14.4 Å². The van der Waals surface area contributed by atoms with Gasteiger partial charge in [0.15, 0.2) is 6.61 Å². The number of amides is 5. The van der Waals surface area contributed by atoms with Crippen molar-refractivity contribution in [2.75, 3.05) is 23.9 Å². The van der Waals surface area contributed by atoms with E-state index in [0.717, 1.165) is 4.90 Å². The first-order chi connectivity index (χ1) is 17.4. The summed E-state index contributed by atoms with van der Waals surface area (Å²) in [6, 6.07) is 18.9. The molecule has 1 aliphatic heterocycles. The molecule has 0 radical (unpaired) electrons. The first-order valence-corrected chi connectivity index (χ1v) is 11.1. The average Bonchev–Trinajstić information content (AvgIpc) is 2.87. The molecule has 182 valence electrons. The Balaban J connectivity index is 1.48. The molecule has 0 spiro atoms. The van der Waals surface area contributed by atoms with Gasteiger partial charge in [0.1, 0.15) is 17.1 Å². The fraction of sp³-hybridized carbons (Fsp3) is 0.0769. The summed E-state index contributed by atoms with van der Waals surface area (Å²) in [6.07, 6.45) is 1.32. The maximum Gasteiger partial charge on any atom is 0.335 e.